The van der Waals surface area contributed by atoms with Gasteiger partial charge in [-0.2, -0.15) is 0 Å². The van der Waals surface area contributed by atoms with Crippen molar-refractivity contribution in [3.63, 3.8) is 0 Å². The van der Waals surface area contributed by atoms with Crippen molar-refractivity contribution in [2.24, 2.45) is 16.8 Å². The number of cyclic esters (lactones) is 1. The van der Waals surface area contributed by atoms with Gasteiger partial charge in [-0.15, -0.1) is 0 Å². The van der Waals surface area contributed by atoms with Crippen molar-refractivity contribution in [1.82, 2.24) is 15.2 Å². The number of ether oxygens (including phenoxy) is 1. The number of oxazole rings is 1. The van der Waals surface area contributed by atoms with E-state index in [0.717, 1.165) is 5.57 Å². The van der Waals surface area contributed by atoms with Crippen molar-refractivity contribution in [1.29, 1.82) is 0 Å². The molecule has 11 heteroatoms. The Kier molecular flexibility index (Phi) is 12.2. The zero-order valence-electron chi connectivity index (χ0n) is 25.6. The lowest BCUT2D eigenvalue weighted by Crippen LogP contribution is -2.55. The molecule has 2 amide bonds. The summed E-state index contributed by atoms with van der Waals surface area (Å²) in [5.41, 5.74) is -0.521. The second kappa shape index (κ2) is 15.6. The molecule has 0 saturated carbocycles. The number of hydrogen-bond acceptors (Lipinski definition) is 9. The maximum absolute atomic E-state index is 14.0. The molecule has 2 N–H and O–H groups in total. The number of aliphatic imine (C=N–C) groups is 1. The summed E-state index contributed by atoms with van der Waals surface area (Å²) in [6.07, 6.45) is 9.29. The number of amides is 2. The normalized spacial score (nSPS) is 29.3. The van der Waals surface area contributed by atoms with E-state index in [1.54, 1.807) is 31.2 Å². The predicted octanol–water partition coefficient (Wildman–Crippen LogP) is 3.39. The summed E-state index contributed by atoms with van der Waals surface area (Å²) in [7, 11) is 0. The van der Waals surface area contributed by atoms with Gasteiger partial charge < -0.3 is 29.5 Å². The first-order valence-corrected chi connectivity index (χ1v) is 14.9. The second-order valence-electron chi connectivity index (χ2n) is 11.6. The minimum absolute atomic E-state index is 0.00809. The third-order valence-electron chi connectivity index (χ3n) is 7.78. The zero-order chi connectivity index (χ0) is 31.6. The third-order valence-corrected chi connectivity index (χ3v) is 7.78. The number of hydrogen-bond donors (Lipinski definition) is 2. The van der Waals surface area contributed by atoms with Gasteiger partial charge in [-0.1, -0.05) is 50.6 Å². The van der Waals surface area contributed by atoms with Gasteiger partial charge in [-0.3, -0.25) is 14.4 Å². The number of aliphatic hydroxyl groups is 1. The van der Waals surface area contributed by atoms with Gasteiger partial charge in [0.15, 0.2) is 5.69 Å². The fraction of sp³-hybridized carbons (Fsp3) is 0.562. The molecule has 1 aromatic heterocycles. The number of rotatable bonds is 5. The molecule has 43 heavy (non-hydrogen) atoms. The van der Waals surface area contributed by atoms with Crippen LogP contribution in [0.25, 0.3) is 0 Å². The average Bonchev–Trinajstić information content (AvgIpc) is 3.59. The van der Waals surface area contributed by atoms with Gasteiger partial charge in [0.1, 0.15) is 23.7 Å². The van der Waals surface area contributed by atoms with Crippen LogP contribution in [0.1, 0.15) is 76.2 Å². The minimum atomic E-state index is -1.24. The molecule has 1 fully saturated rings. The highest BCUT2D eigenvalue weighted by atomic mass is 16.5. The van der Waals surface area contributed by atoms with E-state index in [1.807, 2.05) is 20.8 Å². The van der Waals surface area contributed by atoms with Crippen molar-refractivity contribution in [3.05, 3.63) is 53.8 Å². The quantitative estimate of drug-likeness (QED) is 0.298. The highest BCUT2D eigenvalue weighted by Gasteiger charge is 2.52. The Balaban J connectivity index is 1.98. The van der Waals surface area contributed by atoms with Crippen molar-refractivity contribution in [2.75, 3.05) is 19.6 Å². The maximum atomic E-state index is 14.0. The number of aliphatic hydroxyl groups excluding tert-OH is 1. The van der Waals surface area contributed by atoms with E-state index in [4.69, 9.17) is 9.15 Å². The molecule has 0 spiro atoms. The molecule has 3 rings (SSSR count). The van der Waals surface area contributed by atoms with Crippen LogP contribution in [0.4, 0.5) is 0 Å². The molecule has 11 nitrogen and oxygen atoms in total. The second-order valence-corrected chi connectivity index (χ2v) is 11.6. The molecule has 2 aliphatic heterocycles. The van der Waals surface area contributed by atoms with Crippen molar-refractivity contribution >= 4 is 30.3 Å². The number of carbonyl (C=O) groups is 4. The Morgan fingerprint density at radius 2 is 2.02 bits per heavy atom. The average molecular weight is 597 g/mol. The fourth-order valence-electron chi connectivity index (χ4n) is 5.65. The lowest BCUT2D eigenvalue weighted by Gasteiger charge is -2.38. The van der Waals surface area contributed by atoms with Gasteiger partial charge in [0.2, 0.25) is 11.8 Å². The highest BCUT2D eigenvalue weighted by molar-refractivity contribution is 5.97. The first-order chi connectivity index (χ1) is 20.5. The van der Waals surface area contributed by atoms with E-state index in [1.165, 1.54) is 17.2 Å². The molecule has 1 saturated heterocycles. The van der Waals surface area contributed by atoms with Crippen LogP contribution in [0.3, 0.4) is 0 Å². The molecule has 2 aliphatic rings. The van der Waals surface area contributed by atoms with E-state index < -0.39 is 29.6 Å². The van der Waals surface area contributed by atoms with Gasteiger partial charge >= 0.3 is 5.97 Å². The minimum Gasteiger partial charge on any atom is -0.460 e. The summed E-state index contributed by atoms with van der Waals surface area (Å²) >= 11 is 0. The molecule has 234 valence electrons. The number of nitrogens with zero attached hydrogens (tertiary/aromatic N) is 3. The number of aromatic nitrogens is 1. The molecule has 3 heterocycles. The molecule has 0 aliphatic carbocycles. The van der Waals surface area contributed by atoms with Crippen LogP contribution in [0.2, 0.25) is 0 Å². The lowest BCUT2D eigenvalue weighted by molar-refractivity contribution is -0.165. The number of Topliss-reactive ketones (excluding diaryl/α,β-unsaturated/α-hetero) is 1. The Morgan fingerprint density at radius 1 is 1.26 bits per heavy atom. The Morgan fingerprint density at radius 3 is 2.74 bits per heavy atom. The van der Waals surface area contributed by atoms with Gasteiger partial charge in [0, 0.05) is 32.0 Å². The van der Waals surface area contributed by atoms with Crippen LogP contribution in [-0.4, -0.2) is 82.7 Å². The summed E-state index contributed by atoms with van der Waals surface area (Å²) in [5, 5.41) is 13.1. The van der Waals surface area contributed by atoms with E-state index >= 15 is 0 Å². The molecule has 0 radical (unpaired) electrons. The number of fused-ring (bicyclic) bond motifs is 3. The Labute approximate surface area is 253 Å². The van der Waals surface area contributed by atoms with E-state index in [0.29, 0.717) is 38.8 Å². The monoisotopic (exact) mass is 596 g/mol. The van der Waals surface area contributed by atoms with Gasteiger partial charge in [0.25, 0.3) is 5.91 Å². The predicted molar refractivity (Wildman–Crippen MR) is 161 cm³/mol. The molecule has 1 aromatic rings. The van der Waals surface area contributed by atoms with Gasteiger partial charge in [-0.25, -0.2) is 9.78 Å². The molecule has 4 unspecified atom stereocenters. The summed E-state index contributed by atoms with van der Waals surface area (Å²) in [6, 6.07) is 0. The maximum Gasteiger partial charge on any atom is 0.332 e. The van der Waals surface area contributed by atoms with Crippen LogP contribution in [0.5, 0.6) is 0 Å². The lowest BCUT2D eigenvalue weighted by atomic mass is 9.88. The summed E-state index contributed by atoms with van der Waals surface area (Å²) in [5.74, 6) is -1.91. The van der Waals surface area contributed by atoms with Crippen LogP contribution in [0, 0.1) is 11.8 Å². The molecule has 0 aromatic carbocycles. The van der Waals surface area contributed by atoms with Crippen LogP contribution < -0.4 is 5.32 Å². The van der Waals surface area contributed by atoms with Gasteiger partial charge in [0.05, 0.1) is 12.5 Å². The fourth-order valence-corrected chi connectivity index (χ4v) is 5.65. The summed E-state index contributed by atoms with van der Waals surface area (Å²) < 4.78 is 11.6. The number of esters is 1. The molecule has 2 bridgehead atoms. The third kappa shape index (κ3) is 9.06. The Hall–Kier alpha value is -3.86. The number of ketones is 1. The van der Waals surface area contributed by atoms with Crippen LogP contribution in [-0.2, 0) is 25.5 Å². The standard InChI is InChI=1S/C32H44N4O7/c1-21(2)29-23(4)10-11-27(39)34-15-6-9-22(3)17-24(37)18-25(38)19-28-35-26(20-42-28)30(40)36-16-8-13-32(36,31(41)43-29)12-7-14-33-5/h6,9-11,17,20-21,23-24,29,37H,5,7-8,12-16,18-19H2,1-4H3,(H,34,39)/b9-6+,11-10+,22-17+. The molecular formula is C32H44N4O7. The van der Waals surface area contributed by atoms with E-state index in [9.17, 15) is 24.3 Å². The first-order valence-electron chi connectivity index (χ1n) is 14.9. The summed E-state index contributed by atoms with van der Waals surface area (Å²) in [4.78, 5) is 62.6. The highest BCUT2D eigenvalue weighted by Crippen LogP contribution is 2.37. The van der Waals surface area contributed by atoms with E-state index in [-0.39, 0.29) is 54.5 Å². The van der Waals surface area contributed by atoms with Crippen molar-refractivity contribution in [2.45, 2.75) is 84.0 Å². The zero-order valence-corrected chi connectivity index (χ0v) is 25.6. The molecular weight excluding hydrogens is 552 g/mol. The largest absolute Gasteiger partial charge is 0.460 e. The van der Waals surface area contributed by atoms with Crippen molar-refractivity contribution < 1.29 is 33.4 Å². The Bertz CT molecular complexity index is 1260. The first kappa shape index (κ1) is 33.6. The van der Waals surface area contributed by atoms with Gasteiger partial charge in [-0.05, 0) is 51.3 Å². The number of nitrogens with one attached hydrogen (secondary N) is 1. The SMILES string of the molecule is C=NCCCC12CCCN1C(=O)c1coc(n1)CC(=O)CC(O)/C=C(C)/C=C/CNC(=O)/C=C/C(C)C(C(C)C)OC2=O. The van der Waals surface area contributed by atoms with Crippen LogP contribution >= 0.6 is 0 Å². The number of allylic oxidation sites excluding steroid dienone is 2. The summed E-state index contributed by atoms with van der Waals surface area (Å²) in [6.45, 7) is 12.1. The van der Waals surface area contributed by atoms with Crippen LogP contribution in [0.15, 0.2) is 51.6 Å². The van der Waals surface area contributed by atoms with E-state index in [2.05, 4.69) is 22.0 Å². The smallest absolute Gasteiger partial charge is 0.332 e. The topological polar surface area (TPSA) is 151 Å². The van der Waals surface area contributed by atoms with Crippen molar-refractivity contribution in [3.8, 4) is 0 Å². The number of carbonyl (C=O) groups excluding carboxylic acids is 4. The molecule has 4 atom stereocenters.